The Morgan fingerprint density at radius 3 is 2.17 bits per heavy atom. The van der Waals surface area contributed by atoms with Crippen molar-refractivity contribution in [2.45, 2.75) is 33.1 Å². The van der Waals surface area contributed by atoms with E-state index in [9.17, 15) is 4.79 Å². The van der Waals surface area contributed by atoms with Gasteiger partial charge in [-0.05, 0) is 42.2 Å². The van der Waals surface area contributed by atoms with Crippen molar-refractivity contribution in [2.75, 3.05) is 17.2 Å². The van der Waals surface area contributed by atoms with E-state index in [1.54, 1.807) is 19.1 Å². The van der Waals surface area contributed by atoms with Crippen LogP contribution in [0.4, 0.5) is 22.1 Å². The number of ether oxygens (including phenoxy) is 1. The Morgan fingerprint density at radius 1 is 1.04 bits per heavy atom. The molecule has 0 unspecified atom stereocenters. The zero-order valence-corrected chi connectivity index (χ0v) is 13.9. The number of aromatic nitrogens is 2. The van der Waals surface area contributed by atoms with E-state index in [-0.39, 0.29) is 5.41 Å². The minimum absolute atomic E-state index is 0.124. The topological polar surface area (TPSA) is 76.1 Å². The van der Waals surface area contributed by atoms with Crippen molar-refractivity contribution >= 4 is 23.4 Å². The molecule has 0 atom stereocenters. The van der Waals surface area contributed by atoms with Gasteiger partial charge in [-0.15, -0.1) is 10.2 Å². The molecule has 0 radical (unpaired) electrons. The quantitative estimate of drug-likeness (QED) is 0.889. The number of hydrogen-bond acceptors (Lipinski definition) is 5. The van der Waals surface area contributed by atoms with E-state index in [4.69, 9.17) is 4.74 Å². The predicted molar refractivity (Wildman–Crippen MR) is 91.1 cm³/mol. The van der Waals surface area contributed by atoms with Crippen LogP contribution >= 0.6 is 0 Å². The van der Waals surface area contributed by atoms with Crippen molar-refractivity contribution in [2.24, 2.45) is 0 Å². The maximum Gasteiger partial charge on any atom is 0.412 e. The van der Waals surface area contributed by atoms with Gasteiger partial charge in [-0.25, -0.2) is 4.79 Å². The molecule has 6 nitrogen and oxygen atoms in total. The van der Waals surface area contributed by atoms with Crippen molar-refractivity contribution in [3.05, 3.63) is 42.0 Å². The molecule has 6 heteroatoms. The van der Waals surface area contributed by atoms with Crippen LogP contribution in [0.15, 0.2) is 36.4 Å². The highest BCUT2D eigenvalue weighted by Crippen LogP contribution is 2.24. The number of nitrogens with zero attached hydrogens (tertiary/aromatic N) is 2. The van der Waals surface area contributed by atoms with Crippen LogP contribution in [-0.2, 0) is 10.2 Å². The number of amides is 1. The lowest BCUT2D eigenvalue weighted by Crippen LogP contribution is -2.14. The minimum Gasteiger partial charge on any atom is -0.450 e. The van der Waals surface area contributed by atoms with E-state index in [0.717, 1.165) is 5.69 Å². The minimum atomic E-state index is -0.541. The highest BCUT2D eigenvalue weighted by Gasteiger charge is 2.12. The molecule has 1 aromatic carbocycles. The second-order valence-electron chi connectivity index (χ2n) is 6.10. The maximum atomic E-state index is 11.3. The van der Waals surface area contributed by atoms with E-state index < -0.39 is 6.09 Å². The molecule has 23 heavy (non-hydrogen) atoms. The number of carbonyl (C=O) groups excluding carboxylic acids is 1. The summed E-state index contributed by atoms with van der Waals surface area (Å²) >= 11 is 0. The Morgan fingerprint density at radius 2 is 1.65 bits per heavy atom. The summed E-state index contributed by atoms with van der Waals surface area (Å²) in [5.41, 5.74) is 2.32. The van der Waals surface area contributed by atoms with Crippen LogP contribution in [0, 0.1) is 0 Å². The van der Waals surface area contributed by atoms with Crippen LogP contribution in [0.5, 0.6) is 0 Å². The van der Waals surface area contributed by atoms with E-state index >= 15 is 0 Å². The summed E-state index contributed by atoms with van der Waals surface area (Å²) in [7, 11) is 0. The Balaban J connectivity index is 1.99. The van der Waals surface area contributed by atoms with Crippen LogP contribution in [0.1, 0.15) is 33.3 Å². The zero-order chi connectivity index (χ0) is 16.9. The summed E-state index contributed by atoms with van der Waals surface area (Å²) in [4.78, 5) is 11.3. The smallest absolute Gasteiger partial charge is 0.412 e. The SMILES string of the molecule is CCOC(=O)Nc1ccc(Nc2ccc(C(C)(C)C)cc2)nn1. The van der Waals surface area contributed by atoms with Gasteiger partial charge in [0.05, 0.1) is 6.61 Å². The van der Waals surface area contributed by atoms with Crippen molar-refractivity contribution in [1.29, 1.82) is 0 Å². The van der Waals surface area contributed by atoms with Crippen molar-refractivity contribution < 1.29 is 9.53 Å². The fraction of sp³-hybridized carbons (Fsp3) is 0.353. The van der Waals surface area contributed by atoms with Crippen molar-refractivity contribution in [3.8, 4) is 0 Å². The highest BCUT2D eigenvalue weighted by atomic mass is 16.5. The largest absolute Gasteiger partial charge is 0.450 e. The second-order valence-corrected chi connectivity index (χ2v) is 6.10. The standard InChI is InChI=1S/C17H22N4O2/c1-5-23-16(22)19-15-11-10-14(20-21-15)18-13-8-6-12(7-9-13)17(2,3)4/h6-11H,5H2,1-4H3,(H,18,20)(H,19,21,22). The first-order valence-corrected chi connectivity index (χ1v) is 7.53. The summed E-state index contributed by atoms with van der Waals surface area (Å²) in [6.45, 7) is 8.58. The van der Waals surface area contributed by atoms with E-state index in [1.165, 1.54) is 5.56 Å². The third kappa shape index (κ3) is 4.95. The third-order valence-corrected chi connectivity index (χ3v) is 3.19. The number of benzene rings is 1. The van der Waals surface area contributed by atoms with Gasteiger partial charge in [-0.2, -0.15) is 0 Å². The molecule has 1 aromatic heterocycles. The summed E-state index contributed by atoms with van der Waals surface area (Å²) < 4.78 is 4.78. The number of anilines is 3. The summed E-state index contributed by atoms with van der Waals surface area (Å²) in [6.07, 6.45) is -0.541. The Bertz CT molecular complexity index is 646. The number of carbonyl (C=O) groups is 1. The molecule has 0 bridgehead atoms. The number of nitrogens with one attached hydrogen (secondary N) is 2. The monoisotopic (exact) mass is 314 g/mol. The fourth-order valence-corrected chi connectivity index (χ4v) is 1.94. The van der Waals surface area contributed by atoms with Gasteiger partial charge in [-0.3, -0.25) is 5.32 Å². The third-order valence-electron chi connectivity index (χ3n) is 3.19. The first-order chi connectivity index (χ1) is 10.9. The normalized spacial score (nSPS) is 11.0. The molecule has 0 aliphatic carbocycles. The first kappa shape index (κ1) is 16.7. The molecule has 0 aliphatic rings. The predicted octanol–water partition coefficient (Wildman–Crippen LogP) is 4.09. The van der Waals surface area contributed by atoms with Crippen LogP contribution in [0.2, 0.25) is 0 Å². The molecule has 1 amide bonds. The Labute approximate surface area is 136 Å². The summed E-state index contributed by atoms with van der Waals surface area (Å²) in [6, 6.07) is 11.6. The van der Waals surface area contributed by atoms with Gasteiger partial charge >= 0.3 is 6.09 Å². The number of rotatable bonds is 4. The van der Waals surface area contributed by atoms with Gasteiger partial charge < -0.3 is 10.1 Å². The van der Waals surface area contributed by atoms with Crippen molar-refractivity contribution in [3.63, 3.8) is 0 Å². The molecule has 2 aromatic rings. The molecule has 0 spiro atoms. The Hall–Kier alpha value is -2.63. The fourth-order valence-electron chi connectivity index (χ4n) is 1.94. The molecular weight excluding hydrogens is 292 g/mol. The second kappa shape index (κ2) is 7.09. The van der Waals surface area contributed by atoms with Gasteiger partial charge in [0.2, 0.25) is 0 Å². The average Bonchev–Trinajstić information content (AvgIpc) is 2.49. The van der Waals surface area contributed by atoms with Crippen molar-refractivity contribution in [1.82, 2.24) is 10.2 Å². The molecule has 0 saturated carbocycles. The van der Waals surface area contributed by atoms with Crippen LogP contribution < -0.4 is 10.6 Å². The van der Waals surface area contributed by atoms with Crippen LogP contribution in [-0.4, -0.2) is 22.9 Å². The average molecular weight is 314 g/mol. The van der Waals surface area contributed by atoms with Gasteiger partial charge in [0, 0.05) is 5.69 Å². The summed E-state index contributed by atoms with van der Waals surface area (Å²) in [5.74, 6) is 0.944. The zero-order valence-electron chi connectivity index (χ0n) is 13.9. The highest BCUT2D eigenvalue weighted by molar-refractivity contribution is 5.83. The van der Waals surface area contributed by atoms with Gasteiger partial charge in [0.15, 0.2) is 11.6 Å². The molecule has 0 aliphatic heterocycles. The molecule has 2 rings (SSSR count). The van der Waals surface area contributed by atoms with Gasteiger partial charge in [0.25, 0.3) is 0 Å². The first-order valence-electron chi connectivity index (χ1n) is 7.53. The molecular formula is C17H22N4O2. The lowest BCUT2D eigenvalue weighted by Gasteiger charge is -2.19. The lowest BCUT2D eigenvalue weighted by atomic mass is 9.87. The molecule has 1 heterocycles. The maximum absolute atomic E-state index is 11.3. The van der Waals surface area contributed by atoms with E-state index in [1.807, 2.05) is 12.1 Å². The van der Waals surface area contributed by atoms with Gasteiger partial charge in [0.1, 0.15) is 0 Å². The van der Waals surface area contributed by atoms with E-state index in [0.29, 0.717) is 18.2 Å². The molecule has 0 fully saturated rings. The molecule has 122 valence electrons. The Kier molecular flexibility index (Phi) is 5.16. The van der Waals surface area contributed by atoms with E-state index in [2.05, 4.69) is 53.7 Å². The van der Waals surface area contributed by atoms with Crippen LogP contribution in [0.25, 0.3) is 0 Å². The number of hydrogen-bond donors (Lipinski definition) is 2. The van der Waals surface area contributed by atoms with Crippen LogP contribution in [0.3, 0.4) is 0 Å². The lowest BCUT2D eigenvalue weighted by molar-refractivity contribution is 0.168. The van der Waals surface area contributed by atoms with Gasteiger partial charge in [-0.1, -0.05) is 32.9 Å². The summed E-state index contributed by atoms with van der Waals surface area (Å²) in [5, 5.41) is 13.6. The molecule has 0 saturated heterocycles. The molecule has 2 N–H and O–H groups in total.